The molecule has 0 amide bonds. The fraction of sp³-hybridized carbons (Fsp3) is 0.231. The smallest absolute Gasteiger partial charge is 0.315 e. The average molecular weight is 493 g/mol. The maximum absolute atomic E-state index is 12.2. The van der Waals surface area contributed by atoms with Crippen LogP contribution >= 0.6 is 11.8 Å². The van der Waals surface area contributed by atoms with E-state index in [0.29, 0.717) is 34.4 Å². The molecule has 4 rings (SSSR count). The molecule has 0 aliphatic heterocycles. The van der Waals surface area contributed by atoms with E-state index < -0.39 is 0 Å². The lowest BCUT2D eigenvalue weighted by atomic mass is 10.1. The van der Waals surface area contributed by atoms with Crippen LogP contribution in [0.25, 0.3) is 0 Å². The van der Waals surface area contributed by atoms with Crippen molar-refractivity contribution in [1.82, 2.24) is 10.3 Å². The van der Waals surface area contributed by atoms with Gasteiger partial charge >= 0.3 is 11.9 Å². The van der Waals surface area contributed by atoms with Crippen LogP contribution in [-0.2, 0) is 22.4 Å². The Kier molecular flexibility index (Phi) is 7.36. The zero-order valence-corrected chi connectivity index (χ0v) is 20.6. The van der Waals surface area contributed by atoms with Crippen molar-refractivity contribution in [3.05, 3.63) is 82.6 Å². The zero-order chi connectivity index (χ0) is 24.9. The molecule has 9 heteroatoms. The van der Waals surface area contributed by atoms with Gasteiger partial charge in [-0.15, -0.1) is 0 Å². The minimum absolute atomic E-state index is 0.104. The molecular weight excluding hydrogens is 468 g/mol. The lowest BCUT2D eigenvalue weighted by molar-refractivity contribution is -0.134. The van der Waals surface area contributed by atoms with Gasteiger partial charge in [-0.25, -0.2) is 0 Å². The number of carbonyl (C=O) groups excluding carboxylic acids is 2. The first-order valence-electron chi connectivity index (χ1n) is 10.9. The number of ether oxygens (including phenoxy) is 2. The van der Waals surface area contributed by atoms with Gasteiger partial charge in [0.15, 0.2) is 0 Å². The standard InChI is InChI=1S/C26H24N2O6S/c1-15-23(17(3)33-27-15)13-25(29)31-19-5-9-21(10-6-19)35-22-11-7-20(8-12-22)32-26(30)14-24-16(2)28-34-18(24)4/h5-12H,13-14H2,1-4H3. The van der Waals surface area contributed by atoms with Gasteiger partial charge in [-0.05, 0) is 76.2 Å². The molecule has 35 heavy (non-hydrogen) atoms. The zero-order valence-electron chi connectivity index (χ0n) is 19.8. The van der Waals surface area contributed by atoms with Crippen LogP contribution in [0.1, 0.15) is 34.0 Å². The topological polar surface area (TPSA) is 105 Å². The summed E-state index contributed by atoms with van der Waals surface area (Å²) in [6, 6.07) is 14.5. The Bertz CT molecular complexity index is 1200. The van der Waals surface area contributed by atoms with Crippen molar-refractivity contribution < 1.29 is 28.1 Å². The third-order valence-corrected chi connectivity index (χ3v) is 6.37. The van der Waals surface area contributed by atoms with Crippen LogP contribution in [0.4, 0.5) is 0 Å². The summed E-state index contributed by atoms with van der Waals surface area (Å²) in [5.41, 5.74) is 2.87. The van der Waals surface area contributed by atoms with Crippen LogP contribution in [0.15, 0.2) is 67.4 Å². The summed E-state index contributed by atoms with van der Waals surface area (Å²) >= 11 is 1.54. The van der Waals surface area contributed by atoms with E-state index in [9.17, 15) is 9.59 Å². The van der Waals surface area contributed by atoms with Gasteiger partial charge in [0.2, 0.25) is 0 Å². The molecule has 0 fully saturated rings. The molecule has 2 heterocycles. The molecule has 0 saturated carbocycles. The van der Waals surface area contributed by atoms with E-state index in [-0.39, 0.29) is 24.8 Å². The van der Waals surface area contributed by atoms with E-state index in [0.717, 1.165) is 20.9 Å². The Labute approximate surface area is 206 Å². The highest BCUT2D eigenvalue weighted by Crippen LogP contribution is 2.30. The van der Waals surface area contributed by atoms with Crippen molar-refractivity contribution in [3.8, 4) is 11.5 Å². The molecule has 0 saturated heterocycles. The molecule has 0 aliphatic rings. The molecule has 0 bridgehead atoms. The molecule has 4 aromatic rings. The summed E-state index contributed by atoms with van der Waals surface area (Å²) < 4.78 is 21.0. The Morgan fingerprint density at radius 1 is 0.686 bits per heavy atom. The third-order valence-electron chi connectivity index (χ3n) is 5.35. The Balaban J connectivity index is 1.29. The van der Waals surface area contributed by atoms with E-state index in [1.54, 1.807) is 52.0 Å². The van der Waals surface area contributed by atoms with E-state index >= 15 is 0 Å². The van der Waals surface area contributed by atoms with Gasteiger partial charge in [0.05, 0.1) is 24.2 Å². The van der Waals surface area contributed by atoms with Crippen LogP contribution in [0, 0.1) is 27.7 Å². The number of nitrogens with zero attached hydrogens (tertiary/aromatic N) is 2. The number of esters is 2. The van der Waals surface area contributed by atoms with E-state index in [4.69, 9.17) is 18.5 Å². The average Bonchev–Trinajstić information content (AvgIpc) is 3.32. The number of aromatic nitrogens is 2. The van der Waals surface area contributed by atoms with Gasteiger partial charge in [-0.1, -0.05) is 22.1 Å². The van der Waals surface area contributed by atoms with Crippen LogP contribution < -0.4 is 9.47 Å². The van der Waals surface area contributed by atoms with E-state index in [1.165, 1.54) is 11.8 Å². The van der Waals surface area contributed by atoms with Gasteiger partial charge in [0, 0.05) is 20.9 Å². The molecule has 8 nitrogen and oxygen atoms in total. The van der Waals surface area contributed by atoms with Crippen molar-refractivity contribution in [2.45, 2.75) is 50.3 Å². The number of hydrogen-bond donors (Lipinski definition) is 0. The molecular formula is C26H24N2O6S. The van der Waals surface area contributed by atoms with Crippen LogP contribution in [0.2, 0.25) is 0 Å². The Morgan fingerprint density at radius 3 is 1.37 bits per heavy atom. The molecule has 0 atom stereocenters. The van der Waals surface area contributed by atoms with Crippen molar-refractivity contribution in [2.75, 3.05) is 0 Å². The maximum atomic E-state index is 12.2. The minimum Gasteiger partial charge on any atom is -0.426 e. The van der Waals surface area contributed by atoms with E-state index in [1.807, 2.05) is 24.3 Å². The highest BCUT2D eigenvalue weighted by atomic mass is 32.2. The summed E-state index contributed by atoms with van der Waals surface area (Å²) in [6.07, 6.45) is 0.208. The number of hydrogen-bond acceptors (Lipinski definition) is 9. The summed E-state index contributed by atoms with van der Waals surface area (Å²) in [4.78, 5) is 26.4. The van der Waals surface area contributed by atoms with Crippen LogP contribution in [0.5, 0.6) is 11.5 Å². The molecule has 0 spiro atoms. The number of benzene rings is 2. The van der Waals surface area contributed by atoms with Crippen LogP contribution in [-0.4, -0.2) is 22.3 Å². The molecule has 180 valence electrons. The Hall–Kier alpha value is -3.85. The number of aryl methyl sites for hydroxylation is 4. The fourth-order valence-corrected chi connectivity index (χ4v) is 4.24. The molecule has 0 aliphatic carbocycles. The second-order valence-corrected chi connectivity index (χ2v) is 9.10. The lowest BCUT2D eigenvalue weighted by Crippen LogP contribution is -2.12. The Morgan fingerprint density at radius 2 is 1.06 bits per heavy atom. The normalized spacial score (nSPS) is 10.9. The first-order chi connectivity index (χ1) is 16.8. The molecule has 0 radical (unpaired) electrons. The third kappa shape index (κ3) is 6.19. The van der Waals surface area contributed by atoms with Gasteiger partial charge < -0.3 is 18.5 Å². The SMILES string of the molecule is Cc1noc(C)c1CC(=O)Oc1ccc(Sc2ccc(OC(=O)Cc3c(C)noc3C)cc2)cc1. The van der Waals surface area contributed by atoms with Gasteiger partial charge in [0.1, 0.15) is 23.0 Å². The fourth-order valence-electron chi connectivity index (χ4n) is 3.42. The molecule has 0 N–H and O–H groups in total. The minimum atomic E-state index is -0.376. The largest absolute Gasteiger partial charge is 0.426 e. The number of carbonyl (C=O) groups is 2. The van der Waals surface area contributed by atoms with Gasteiger partial charge in [-0.2, -0.15) is 0 Å². The quantitative estimate of drug-likeness (QED) is 0.238. The first kappa shape index (κ1) is 24.3. The highest BCUT2D eigenvalue weighted by Gasteiger charge is 2.16. The summed E-state index contributed by atoms with van der Waals surface area (Å²) in [5.74, 6) is 1.41. The van der Waals surface area contributed by atoms with Crippen molar-refractivity contribution >= 4 is 23.7 Å². The number of rotatable bonds is 8. The van der Waals surface area contributed by atoms with Crippen LogP contribution in [0.3, 0.4) is 0 Å². The van der Waals surface area contributed by atoms with E-state index in [2.05, 4.69) is 10.3 Å². The molecule has 2 aromatic heterocycles. The van der Waals surface area contributed by atoms with Crippen molar-refractivity contribution in [2.24, 2.45) is 0 Å². The second-order valence-electron chi connectivity index (χ2n) is 7.95. The molecule has 0 unspecified atom stereocenters. The van der Waals surface area contributed by atoms with Gasteiger partial charge in [0.25, 0.3) is 0 Å². The van der Waals surface area contributed by atoms with Gasteiger partial charge in [-0.3, -0.25) is 9.59 Å². The predicted molar refractivity (Wildman–Crippen MR) is 128 cm³/mol. The van der Waals surface area contributed by atoms with Crippen molar-refractivity contribution in [1.29, 1.82) is 0 Å². The first-order valence-corrected chi connectivity index (χ1v) is 11.7. The second kappa shape index (κ2) is 10.6. The monoisotopic (exact) mass is 492 g/mol. The summed E-state index contributed by atoms with van der Waals surface area (Å²) in [5, 5.41) is 7.70. The predicted octanol–water partition coefficient (Wildman–Crippen LogP) is 5.34. The lowest BCUT2D eigenvalue weighted by Gasteiger charge is -2.07. The summed E-state index contributed by atoms with van der Waals surface area (Å²) in [6.45, 7) is 7.13. The van der Waals surface area contributed by atoms with Crippen molar-refractivity contribution in [3.63, 3.8) is 0 Å². The maximum Gasteiger partial charge on any atom is 0.315 e. The summed E-state index contributed by atoms with van der Waals surface area (Å²) in [7, 11) is 0. The highest BCUT2D eigenvalue weighted by molar-refractivity contribution is 7.99. The molecule has 2 aromatic carbocycles.